The molecule has 0 unspecified atom stereocenters. The molecule has 0 fully saturated rings. The Bertz CT molecular complexity index is 869. The predicted octanol–water partition coefficient (Wildman–Crippen LogP) is 2.64. The molecule has 0 bridgehead atoms. The lowest BCUT2D eigenvalue weighted by Gasteiger charge is -2.08. The second-order valence-electron chi connectivity index (χ2n) is 5.48. The monoisotopic (exact) mass is 325 g/mol. The number of ether oxygens (including phenoxy) is 1. The Kier molecular flexibility index (Phi) is 4.39. The Morgan fingerprint density at radius 1 is 1.17 bits per heavy atom. The molecule has 0 amide bonds. The van der Waals surface area contributed by atoms with Crippen molar-refractivity contribution < 1.29 is 14.6 Å². The van der Waals surface area contributed by atoms with E-state index in [9.17, 15) is 4.79 Å². The molecule has 0 aliphatic rings. The van der Waals surface area contributed by atoms with Gasteiger partial charge in [0, 0.05) is 17.3 Å². The van der Waals surface area contributed by atoms with Crippen molar-refractivity contribution in [2.45, 2.75) is 6.42 Å². The Balaban J connectivity index is 1.96. The maximum Gasteiger partial charge on any atom is 0.335 e. The van der Waals surface area contributed by atoms with Gasteiger partial charge in [0.2, 0.25) is 0 Å². The third kappa shape index (κ3) is 3.04. The van der Waals surface area contributed by atoms with Gasteiger partial charge in [-0.3, -0.25) is 0 Å². The van der Waals surface area contributed by atoms with Gasteiger partial charge in [0.25, 0.3) is 0 Å². The van der Waals surface area contributed by atoms with Crippen LogP contribution in [0.4, 0.5) is 5.69 Å². The first-order valence-electron chi connectivity index (χ1n) is 7.67. The molecular formula is C18H19N3O3. The number of carboxylic acids is 1. The summed E-state index contributed by atoms with van der Waals surface area (Å²) in [6.07, 6.45) is 2.62. The quantitative estimate of drug-likeness (QED) is 0.604. The summed E-state index contributed by atoms with van der Waals surface area (Å²) in [6, 6.07) is 12.4. The van der Waals surface area contributed by atoms with E-state index in [0.717, 1.165) is 28.8 Å². The highest BCUT2D eigenvalue weighted by atomic mass is 16.5. The van der Waals surface area contributed by atoms with Gasteiger partial charge in [0.15, 0.2) is 0 Å². The van der Waals surface area contributed by atoms with Crippen LogP contribution in [0.3, 0.4) is 0 Å². The van der Waals surface area contributed by atoms with Gasteiger partial charge in [0.1, 0.15) is 5.75 Å². The van der Waals surface area contributed by atoms with E-state index in [4.69, 9.17) is 21.3 Å². The van der Waals surface area contributed by atoms with Crippen molar-refractivity contribution >= 4 is 22.6 Å². The zero-order valence-electron chi connectivity index (χ0n) is 13.1. The Morgan fingerprint density at radius 3 is 2.58 bits per heavy atom. The fourth-order valence-electron chi connectivity index (χ4n) is 2.58. The number of nitrogens with zero attached hydrogens (tertiary/aromatic N) is 1. The number of aromatic carboxylic acids is 1. The molecule has 0 atom stereocenters. The van der Waals surface area contributed by atoms with E-state index in [1.807, 2.05) is 29.0 Å². The molecule has 3 aromatic rings. The molecule has 3 rings (SSSR count). The van der Waals surface area contributed by atoms with Crippen LogP contribution in [0.1, 0.15) is 16.8 Å². The van der Waals surface area contributed by atoms with Crippen molar-refractivity contribution in [3.8, 4) is 11.4 Å². The summed E-state index contributed by atoms with van der Waals surface area (Å²) in [5.74, 6) is -0.195. The van der Waals surface area contributed by atoms with Crippen molar-refractivity contribution in [2.75, 3.05) is 18.9 Å². The number of aromatic nitrogens is 1. The highest BCUT2D eigenvalue weighted by Crippen LogP contribution is 2.30. The number of nitrogens with two attached hydrogens (primary N) is 2. The lowest BCUT2D eigenvalue weighted by molar-refractivity contribution is 0.0697. The summed E-state index contributed by atoms with van der Waals surface area (Å²) in [4.78, 5) is 11.0. The van der Waals surface area contributed by atoms with Gasteiger partial charge < -0.3 is 25.9 Å². The van der Waals surface area contributed by atoms with Crippen LogP contribution in [0.2, 0.25) is 0 Å². The molecule has 124 valence electrons. The second kappa shape index (κ2) is 6.64. The molecule has 1 heterocycles. The summed E-state index contributed by atoms with van der Waals surface area (Å²) in [7, 11) is 0. The van der Waals surface area contributed by atoms with Crippen LogP contribution < -0.4 is 16.2 Å². The standard InChI is InChI=1S/C18H19N3O3/c19-8-1-9-24-14-6-7-17-15(10-14)16(20)11-21(17)13-4-2-12(3-5-13)18(22)23/h2-7,10-11H,1,8-9,19-20H2,(H,22,23). The smallest absolute Gasteiger partial charge is 0.335 e. The number of hydrogen-bond donors (Lipinski definition) is 3. The van der Waals surface area contributed by atoms with Crippen molar-refractivity contribution in [1.29, 1.82) is 0 Å². The Morgan fingerprint density at radius 2 is 1.92 bits per heavy atom. The van der Waals surface area contributed by atoms with E-state index in [2.05, 4.69) is 0 Å². The van der Waals surface area contributed by atoms with E-state index < -0.39 is 5.97 Å². The van der Waals surface area contributed by atoms with Crippen LogP contribution in [-0.4, -0.2) is 28.8 Å². The maximum absolute atomic E-state index is 11.0. The van der Waals surface area contributed by atoms with Crippen molar-refractivity contribution in [3.63, 3.8) is 0 Å². The van der Waals surface area contributed by atoms with Crippen molar-refractivity contribution in [1.82, 2.24) is 4.57 Å². The second-order valence-corrected chi connectivity index (χ2v) is 5.48. The van der Waals surface area contributed by atoms with Crippen LogP contribution in [0, 0.1) is 0 Å². The molecule has 0 aliphatic carbocycles. The van der Waals surface area contributed by atoms with Crippen molar-refractivity contribution in [3.05, 3.63) is 54.2 Å². The van der Waals surface area contributed by atoms with Crippen molar-refractivity contribution in [2.24, 2.45) is 5.73 Å². The highest BCUT2D eigenvalue weighted by Gasteiger charge is 2.10. The lowest BCUT2D eigenvalue weighted by Crippen LogP contribution is -2.06. The molecular weight excluding hydrogens is 306 g/mol. The van der Waals surface area contributed by atoms with Gasteiger partial charge in [-0.2, -0.15) is 0 Å². The van der Waals surface area contributed by atoms with Gasteiger partial charge in [-0.05, 0) is 55.4 Å². The van der Waals surface area contributed by atoms with Gasteiger partial charge in [-0.1, -0.05) is 0 Å². The van der Waals surface area contributed by atoms with Crippen LogP contribution in [0.25, 0.3) is 16.6 Å². The third-order valence-corrected chi connectivity index (χ3v) is 3.82. The summed E-state index contributed by atoms with van der Waals surface area (Å²) in [5, 5.41) is 9.88. The first kappa shape index (κ1) is 15.9. The maximum atomic E-state index is 11.0. The van der Waals surface area contributed by atoms with E-state index in [-0.39, 0.29) is 5.56 Å². The van der Waals surface area contributed by atoms with E-state index in [0.29, 0.717) is 18.8 Å². The van der Waals surface area contributed by atoms with Gasteiger partial charge in [-0.25, -0.2) is 4.79 Å². The third-order valence-electron chi connectivity index (χ3n) is 3.82. The molecule has 0 radical (unpaired) electrons. The lowest BCUT2D eigenvalue weighted by atomic mass is 10.2. The molecule has 1 aromatic heterocycles. The fraction of sp³-hybridized carbons (Fsp3) is 0.167. The fourth-order valence-corrected chi connectivity index (χ4v) is 2.58. The predicted molar refractivity (Wildman–Crippen MR) is 93.8 cm³/mol. The van der Waals surface area contributed by atoms with E-state index >= 15 is 0 Å². The first-order valence-corrected chi connectivity index (χ1v) is 7.67. The Labute approximate surface area is 139 Å². The molecule has 0 saturated heterocycles. The van der Waals surface area contributed by atoms with E-state index in [1.165, 1.54) is 0 Å². The topological polar surface area (TPSA) is 103 Å². The summed E-state index contributed by atoms with van der Waals surface area (Å²) in [6.45, 7) is 1.16. The SMILES string of the molecule is NCCCOc1ccc2c(c1)c(N)cn2-c1ccc(C(=O)O)cc1. The number of hydrogen-bond acceptors (Lipinski definition) is 4. The number of carboxylic acid groups (broad SMARTS) is 1. The number of carbonyl (C=O) groups is 1. The molecule has 0 spiro atoms. The number of benzene rings is 2. The minimum absolute atomic E-state index is 0.249. The molecule has 5 N–H and O–H groups in total. The average Bonchev–Trinajstić information content (AvgIpc) is 2.92. The number of nitrogen functional groups attached to an aromatic ring is 1. The number of fused-ring (bicyclic) bond motifs is 1. The van der Waals surface area contributed by atoms with Crippen LogP contribution >= 0.6 is 0 Å². The van der Waals surface area contributed by atoms with Gasteiger partial charge in [0.05, 0.1) is 23.4 Å². The summed E-state index contributed by atoms with van der Waals surface area (Å²) in [5.41, 5.74) is 14.3. The zero-order chi connectivity index (χ0) is 17.1. The van der Waals surface area contributed by atoms with E-state index in [1.54, 1.807) is 24.3 Å². The molecule has 0 aliphatic heterocycles. The largest absolute Gasteiger partial charge is 0.494 e. The molecule has 6 heteroatoms. The average molecular weight is 325 g/mol. The van der Waals surface area contributed by atoms with Crippen LogP contribution in [0.15, 0.2) is 48.7 Å². The normalized spacial score (nSPS) is 10.9. The molecule has 2 aromatic carbocycles. The summed E-state index contributed by atoms with van der Waals surface area (Å²) >= 11 is 0. The van der Waals surface area contributed by atoms with Gasteiger partial charge >= 0.3 is 5.97 Å². The van der Waals surface area contributed by atoms with Crippen LogP contribution in [0.5, 0.6) is 5.75 Å². The highest BCUT2D eigenvalue weighted by molar-refractivity contribution is 5.94. The van der Waals surface area contributed by atoms with Gasteiger partial charge in [-0.15, -0.1) is 0 Å². The Hall–Kier alpha value is -2.99. The number of rotatable bonds is 6. The minimum atomic E-state index is -0.947. The molecule has 0 saturated carbocycles. The molecule has 6 nitrogen and oxygen atoms in total. The zero-order valence-corrected chi connectivity index (χ0v) is 13.1. The van der Waals surface area contributed by atoms with Crippen LogP contribution in [-0.2, 0) is 0 Å². The number of anilines is 1. The summed E-state index contributed by atoms with van der Waals surface area (Å²) < 4.78 is 7.59. The molecule has 24 heavy (non-hydrogen) atoms. The first-order chi connectivity index (χ1) is 11.6. The minimum Gasteiger partial charge on any atom is -0.494 e.